The quantitative estimate of drug-likeness (QED) is 0.195. The molecule has 1 aromatic heterocycles. The lowest BCUT2D eigenvalue weighted by Gasteiger charge is -2.21. The maximum Gasteiger partial charge on any atom is 0.0619 e. The van der Waals surface area contributed by atoms with Gasteiger partial charge in [-0.15, -0.1) is 0 Å². The van der Waals surface area contributed by atoms with E-state index in [1.165, 1.54) is 92.2 Å². The third kappa shape index (κ3) is 3.77. The monoisotopic (exact) mass is 601 g/mol. The zero-order valence-electron chi connectivity index (χ0n) is 24.9. The van der Waals surface area contributed by atoms with Crippen molar-refractivity contribution in [1.82, 2.24) is 4.57 Å². The zero-order valence-corrected chi connectivity index (χ0v) is 25.8. The molecule has 1 aliphatic heterocycles. The van der Waals surface area contributed by atoms with Crippen molar-refractivity contribution in [2.24, 2.45) is 0 Å². The molecule has 2 heterocycles. The summed E-state index contributed by atoms with van der Waals surface area (Å²) in [6.07, 6.45) is 0. The van der Waals surface area contributed by atoms with Gasteiger partial charge in [-0.2, -0.15) is 0 Å². The van der Waals surface area contributed by atoms with Crippen molar-refractivity contribution >= 4 is 55.1 Å². The molecule has 0 saturated heterocycles. The standard InChI is InChI=1S/C44H27NS/c1-2-10-32(11-3-1)45-40-27-31(22-23-35(40)39-24-21-29-9-4-5-12-34(29)44(39)45)28-17-19-30(20-18-28)33-25-26-42-43-37(33)14-8-15-38(43)36-13-6-7-16-41(36)46-42/h1-27H. The summed E-state index contributed by atoms with van der Waals surface area (Å²) in [7, 11) is 0. The van der Waals surface area contributed by atoms with Crippen molar-refractivity contribution in [3.05, 3.63) is 164 Å². The van der Waals surface area contributed by atoms with Crippen LogP contribution in [0, 0.1) is 0 Å². The topological polar surface area (TPSA) is 4.93 Å². The normalized spacial score (nSPS) is 12.3. The van der Waals surface area contributed by atoms with Crippen LogP contribution in [-0.4, -0.2) is 4.57 Å². The Balaban J connectivity index is 1.12. The van der Waals surface area contributed by atoms with Crippen molar-refractivity contribution in [2.45, 2.75) is 9.79 Å². The van der Waals surface area contributed by atoms with E-state index in [0.717, 1.165) is 0 Å². The molecule has 0 radical (unpaired) electrons. The first kappa shape index (κ1) is 25.7. The van der Waals surface area contributed by atoms with Gasteiger partial charge in [-0.25, -0.2) is 0 Å². The number of benzene rings is 8. The van der Waals surface area contributed by atoms with Gasteiger partial charge in [-0.05, 0) is 74.5 Å². The average Bonchev–Trinajstić information content (AvgIpc) is 3.47. The molecule has 0 fully saturated rings. The smallest absolute Gasteiger partial charge is 0.0619 e. The SMILES string of the molecule is c1ccc(-n2c3cc(-c4ccc(-c5ccc6c7c(cccc57)-c5ccccc5S6)cc4)ccc3c3ccc4ccccc4c32)cc1. The van der Waals surface area contributed by atoms with Gasteiger partial charge in [-0.1, -0.05) is 145 Å². The molecule has 0 N–H and O–H groups in total. The molecule has 46 heavy (non-hydrogen) atoms. The summed E-state index contributed by atoms with van der Waals surface area (Å²) in [5, 5.41) is 7.75. The van der Waals surface area contributed by atoms with Gasteiger partial charge in [0.2, 0.25) is 0 Å². The van der Waals surface area contributed by atoms with Gasteiger partial charge in [0.05, 0.1) is 11.0 Å². The van der Waals surface area contributed by atoms with E-state index in [4.69, 9.17) is 0 Å². The molecule has 1 nitrogen and oxygen atoms in total. The fourth-order valence-corrected chi connectivity index (χ4v) is 8.61. The first-order valence-corrected chi connectivity index (χ1v) is 16.6. The summed E-state index contributed by atoms with van der Waals surface area (Å²) in [6.45, 7) is 0. The lowest BCUT2D eigenvalue weighted by atomic mass is 9.92. The van der Waals surface area contributed by atoms with E-state index in [9.17, 15) is 0 Å². The molecule has 8 aromatic carbocycles. The number of hydrogen-bond acceptors (Lipinski definition) is 1. The Hall–Kier alpha value is -5.57. The van der Waals surface area contributed by atoms with Gasteiger partial charge in [0.15, 0.2) is 0 Å². The fraction of sp³-hybridized carbons (Fsp3) is 0. The highest BCUT2D eigenvalue weighted by Gasteiger charge is 2.20. The van der Waals surface area contributed by atoms with Crippen molar-refractivity contribution in [3.8, 4) is 39.1 Å². The van der Waals surface area contributed by atoms with Crippen LogP contribution in [0.3, 0.4) is 0 Å². The molecule has 1 aliphatic rings. The van der Waals surface area contributed by atoms with Crippen LogP contribution < -0.4 is 0 Å². The van der Waals surface area contributed by atoms with E-state index in [-0.39, 0.29) is 0 Å². The van der Waals surface area contributed by atoms with Gasteiger partial charge in [0.25, 0.3) is 0 Å². The molecule has 0 aliphatic carbocycles. The van der Waals surface area contributed by atoms with Gasteiger partial charge in [0, 0.05) is 37.0 Å². The molecule has 2 heteroatoms. The number of aromatic nitrogens is 1. The molecular weight excluding hydrogens is 575 g/mol. The second-order valence-corrected chi connectivity index (χ2v) is 13.2. The van der Waals surface area contributed by atoms with Gasteiger partial charge in [0.1, 0.15) is 0 Å². The number of hydrogen-bond donors (Lipinski definition) is 0. The minimum absolute atomic E-state index is 1.18. The maximum absolute atomic E-state index is 2.44. The zero-order chi connectivity index (χ0) is 30.2. The van der Waals surface area contributed by atoms with Crippen LogP contribution in [0.2, 0.25) is 0 Å². The Bertz CT molecular complexity index is 2650. The Morgan fingerprint density at radius 2 is 1.11 bits per heavy atom. The first-order chi connectivity index (χ1) is 22.8. The lowest BCUT2D eigenvalue weighted by molar-refractivity contribution is 1.19. The second kappa shape index (κ2) is 9.97. The van der Waals surface area contributed by atoms with E-state index < -0.39 is 0 Å². The predicted octanol–water partition coefficient (Wildman–Crippen LogP) is 12.6. The molecule has 10 rings (SSSR count). The van der Waals surface area contributed by atoms with Crippen molar-refractivity contribution in [2.75, 3.05) is 0 Å². The van der Waals surface area contributed by atoms with E-state index in [1.54, 1.807) is 0 Å². The Morgan fingerprint density at radius 3 is 2.02 bits per heavy atom. The van der Waals surface area contributed by atoms with Crippen LogP contribution in [0.15, 0.2) is 174 Å². The van der Waals surface area contributed by atoms with Gasteiger partial charge in [-0.3, -0.25) is 0 Å². The van der Waals surface area contributed by atoms with Crippen LogP contribution in [0.4, 0.5) is 0 Å². The Labute approximate surface area is 271 Å². The van der Waals surface area contributed by atoms with Crippen LogP contribution >= 0.6 is 11.8 Å². The van der Waals surface area contributed by atoms with Crippen LogP contribution in [-0.2, 0) is 0 Å². The highest BCUT2D eigenvalue weighted by atomic mass is 32.2. The molecule has 0 atom stereocenters. The summed E-state index contributed by atoms with van der Waals surface area (Å²) < 4.78 is 2.44. The number of rotatable bonds is 3. The van der Waals surface area contributed by atoms with Crippen molar-refractivity contribution in [1.29, 1.82) is 0 Å². The van der Waals surface area contributed by atoms with E-state index in [1.807, 2.05) is 11.8 Å². The molecule has 0 saturated carbocycles. The van der Waals surface area contributed by atoms with Crippen molar-refractivity contribution < 1.29 is 0 Å². The highest BCUT2D eigenvalue weighted by molar-refractivity contribution is 7.99. The van der Waals surface area contributed by atoms with Crippen molar-refractivity contribution in [3.63, 3.8) is 0 Å². The molecule has 0 bridgehead atoms. The Kier molecular flexibility index (Phi) is 5.58. The van der Waals surface area contributed by atoms with E-state index >= 15 is 0 Å². The third-order valence-corrected chi connectivity index (χ3v) is 10.7. The minimum Gasteiger partial charge on any atom is -0.309 e. The van der Waals surface area contributed by atoms with Crippen LogP contribution in [0.1, 0.15) is 0 Å². The van der Waals surface area contributed by atoms with Gasteiger partial charge >= 0.3 is 0 Å². The van der Waals surface area contributed by atoms with Crippen LogP contribution in [0.25, 0.3) is 82.4 Å². The molecule has 9 aromatic rings. The first-order valence-electron chi connectivity index (χ1n) is 15.8. The fourth-order valence-electron chi connectivity index (χ4n) is 7.48. The predicted molar refractivity (Wildman–Crippen MR) is 196 cm³/mol. The largest absolute Gasteiger partial charge is 0.309 e. The number of fused-ring (bicyclic) bond motifs is 7. The summed E-state index contributed by atoms with van der Waals surface area (Å²) in [6, 6.07) is 60.2. The highest BCUT2D eigenvalue weighted by Crippen LogP contribution is 2.49. The second-order valence-electron chi connectivity index (χ2n) is 12.1. The Morgan fingerprint density at radius 1 is 0.391 bits per heavy atom. The number of nitrogens with zero attached hydrogens (tertiary/aromatic N) is 1. The van der Waals surface area contributed by atoms with Gasteiger partial charge < -0.3 is 4.57 Å². The average molecular weight is 602 g/mol. The summed E-state index contributed by atoms with van der Waals surface area (Å²) in [5.74, 6) is 0. The maximum atomic E-state index is 2.44. The summed E-state index contributed by atoms with van der Waals surface area (Å²) in [4.78, 5) is 2.66. The molecule has 0 unspecified atom stereocenters. The van der Waals surface area contributed by atoms with E-state index in [2.05, 4.69) is 168 Å². The minimum atomic E-state index is 1.18. The molecule has 214 valence electrons. The number of para-hydroxylation sites is 1. The molecule has 0 spiro atoms. The molecular formula is C44H27NS. The summed E-state index contributed by atoms with van der Waals surface area (Å²) in [5.41, 5.74) is 11.3. The molecule has 0 amide bonds. The summed E-state index contributed by atoms with van der Waals surface area (Å²) >= 11 is 1.88. The third-order valence-electron chi connectivity index (χ3n) is 9.60. The lowest BCUT2D eigenvalue weighted by Crippen LogP contribution is -1.94. The van der Waals surface area contributed by atoms with E-state index in [0.29, 0.717) is 0 Å². The van der Waals surface area contributed by atoms with Crippen LogP contribution in [0.5, 0.6) is 0 Å².